The van der Waals surface area contributed by atoms with E-state index in [2.05, 4.69) is 9.84 Å². The zero-order valence-corrected chi connectivity index (χ0v) is 7.22. The molecule has 0 aromatic rings. The van der Waals surface area contributed by atoms with Crippen molar-refractivity contribution >= 4 is 5.71 Å². The highest BCUT2D eigenvalue weighted by Crippen LogP contribution is 2.28. The molecule has 0 aliphatic heterocycles. The van der Waals surface area contributed by atoms with E-state index in [9.17, 15) is 0 Å². The molecule has 0 radical (unpaired) electrons. The van der Waals surface area contributed by atoms with Crippen LogP contribution in [0.25, 0.3) is 4.85 Å². The van der Waals surface area contributed by atoms with Crippen molar-refractivity contribution in [2.75, 3.05) is 7.05 Å². The van der Waals surface area contributed by atoms with E-state index in [1.54, 1.807) is 7.05 Å². The van der Waals surface area contributed by atoms with Crippen molar-refractivity contribution in [3.63, 3.8) is 0 Å². The molecule has 0 spiro atoms. The van der Waals surface area contributed by atoms with Crippen LogP contribution < -0.4 is 0 Å². The van der Waals surface area contributed by atoms with Gasteiger partial charge in [-0.25, -0.2) is 6.57 Å². The summed E-state index contributed by atoms with van der Waals surface area (Å²) in [5.74, 6) is 0. The molecule has 1 saturated carbocycles. The first-order valence-electron chi connectivity index (χ1n) is 4.08. The van der Waals surface area contributed by atoms with E-state index in [1.807, 2.05) is 6.92 Å². The van der Waals surface area contributed by atoms with Crippen molar-refractivity contribution in [2.24, 2.45) is 4.99 Å². The standard InChI is InChI=1S/C9H14N2/c1-9(11-3)7-5-4-6-8(9)10-2/h4-7H2,1-2H3. The Balaban J connectivity index is 2.84. The van der Waals surface area contributed by atoms with Gasteiger partial charge in [0.2, 0.25) is 0 Å². The maximum absolute atomic E-state index is 7.07. The molecule has 1 fully saturated rings. The molecule has 1 unspecified atom stereocenters. The molecule has 0 aromatic carbocycles. The average molecular weight is 150 g/mol. The minimum Gasteiger partial charge on any atom is -0.304 e. The molecule has 1 rings (SSSR count). The van der Waals surface area contributed by atoms with Crippen LogP contribution in [0.2, 0.25) is 0 Å². The molecule has 0 saturated heterocycles. The molecule has 0 heterocycles. The zero-order chi connectivity index (χ0) is 8.32. The van der Waals surface area contributed by atoms with Crippen molar-refractivity contribution in [3.05, 3.63) is 11.4 Å². The summed E-state index contributed by atoms with van der Waals surface area (Å²) < 4.78 is 0. The highest BCUT2D eigenvalue weighted by atomic mass is 14.9. The van der Waals surface area contributed by atoms with Gasteiger partial charge >= 0.3 is 0 Å². The highest BCUT2D eigenvalue weighted by Gasteiger charge is 2.38. The molecule has 1 aliphatic carbocycles. The van der Waals surface area contributed by atoms with E-state index in [0.717, 1.165) is 18.6 Å². The monoisotopic (exact) mass is 150 g/mol. The second kappa shape index (κ2) is 3.04. The van der Waals surface area contributed by atoms with Gasteiger partial charge in [-0.2, -0.15) is 0 Å². The van der Waals surface area contributed by atoms with E-state index >= 15 is 0 Å². The summed E-state index contributed by atoms with van der Waals surface area (Å²) in [4.78, 5) is 7.83. The first kappa shape index (κ1) is 8.26. The maximum Gasteiger partial charge on any atom is 0.267 e. The Morgan fingerprint density at radius 3 is 2.73 bits per heavy atom. The predicted molar refractivity (Wildman–Crippen MR) is 46.8 cm³/mol. The van der Waals surface area contributed by atoms with Crippen LogP contribution in [-0.4, -0.2) is 18.3 Å². The minimum atomic E-state index is -0.271. The second-order valence-corrected chi connectivity index (χ2v) is 3.26. The molecular weight excluding hydrogens is 136 g/mol. The summed E-state index contributed by atoms with van der Waals surface area (Å²) in [5, 5.41) is 0. The fourth-order valence-electron chi connectivity index (χ4n) is 1.65. The zero-order valence-electron chi connectivity index (χ0n) is 7.22. The molecule has 1 aliphatic rings. The van der Waals surface area contributed by atoms with Gasteiger partial charge in [0, 0.05) is 20.4 Å². The van der Waals surface area contributed by atoms with E-state index in [4.69, 9.17) is 6.57 Å². The molecule has 1 atom stereocenters. The predicted octanol–water partition coefficient (Wildman–Crippen LogP) is 2.31. The van der Waals surface area contributed by atoms with Gasteiger partial charge in [-0.3, -0.25) is 4.99 Å². The SMILES string of the molecule is [C-]#[N+]C1(C)CCCCC1=NC. The summed E-state index contributed by atoms with van der Waals surface area (Å²) >= 11 is 0. The number of rotatable bonds is 0. The maximum atomic E-state index is 7.07. The van der Waals surface area contributed by atoms with E-state index < -0.39 is 0 Å². The largest absolute Gasteiger partial charge is 0.304 e. The van der Waals surface area contributed by atoms with Crippen LogP contribution in [0.3, 0.4) is 0 Å². The number of aliphatic imine (C=N–C) groups is 1. The number of hydrogen-bond acceptors (Lipinski definition) is 1. The van der Waals surface area contributed by atoms with Gasteiger partial charge in [-0.05, 0) is 19.3 Å². The van der Waals surface area contributed by atoms with Crippen LogP contribution in [0.1, 0.15) is 32.6 Å². The third kappa shape index (κ3) is 1.42. The van der Waals surface area contributed by atoms with Crippen LogP contribution in [0.5, 0.6) is 0 Å². The molecule has 2 nitrogen and oxygen atoms in total. The third-order valence-electron chi connectivity index (χ3n) is 2.47. The Morgan fingerprint density at radius 2 is 2.27 bits per heavy atom. The lowest BCUT2D eigenvalue weighted by Gasteiger charge is -2.23. The summed E-state index contributed by atoms with van der Waals surface area (Å²) in [6, 6.07) is 0. The summed E-state index contributed by atoms with van der Waals surface area (Å²) in [7, 11) is 1.80. The van der Waals surface area contributed by atoms with Gasteiger partial charge in [0.15, 0.2) is 0 Å². The van der Waals surface area contributed by atoms with Gasteiger partial charge in [0.1, 0.15) is 0 Å². The Labute approximate surface area is 68.2 Å². The van der Waals surface area contributed by atoms with Crippen LogP contribution in [0.15, 0.2) is 4.99 Å². The molecular formula is C9H14N2. The van der Waals surface area contributed by atoms with Crippen LogP contribution >= 0.6 is 0 Å². The molecule has 11 heavy (non-hydrogen) atoms. The Bertz CT molecular complexity index is 212. The second-order valence-electron chi connectivity index (χ2n) is 3.26. The third-order valence-corrected chi connectivity index (χ3v) is 2.47. The topological polar surface area (TPSA) is 16.7 Å². The number of nitrogens with zero attached hydrogens (tertiary/aromatic N) is 2. The first-order valence-corrected chi connectivity index (χ1v) is 4.08. The van der Waals surface area contributed by atoms with Crippen molar-refractivity contribution in [1.82, 2.24) is 0 Å². The van der Waals surface area contributed by atoms with Crippen LogP contribution in [-0.2, 0) is 0 Å². The lowest BCUT2D eigenvalue weighted by atomic mass is 9.82. The van der Waals surface area contributed by atoms with Gasteiger partial charge in [-0.1, -0.05) is 0 Å². The number of hydrogen-bond donors (Lipinski definition) is 0. The average Bonchev–Trinajstić information content (AvgIpc) is 2.05. The molecule has 60 valence electrons. The first-order chi connectivity index (χ1) is 5.23. The van der Waals surface area contributed by atoms with Crippen molar-refractivity contribution in [2.45, 2.75) is 38.1 Å². The summed E-state index contributed by atoms with van der Waals surface area (Å²) in [6.07, 6.45) is 4.40. The van der Waals surface area contributed by atoms with Crippen molar-refractivity contribution in [3.8, 4) is 0 Å². The summed E-state index contributed by atoms with van der Waals surface area (Å²) in [5.41, 5.74) is 0.825. The van der Waals surface area contributed by atoms with Gasteiger partial charge in [0.25, 0.3) is 5.54 Å². The van der Waals surface area contributed by atoms with Crippen LogP contribution in [0, 0.1) is 6.57 Å². The Kier molecular flexibility index (Phi) is 2.28. The van der Waals surface area contributed by atoms with Gasteiger partial charge < -0.3 is 4.85 Å². The molecule has 2 heteroatoms. The molecule has 0 amide bonds. The molecule has 0 bridgehead atoms. The lowest BCUT2D eigenvalue weighted by Crippen LogP contribution is -2.34. The van der Waals surface area contributed by atoms with Crippen LogP contribution in [0.4, 0.5) is 0 Å². The lowest BCUT2D eigenvalue weighted by molar-refractivity contribution is 0.540. The van der Waals surface area contributed by atoms with Gasteiger partial charge in [0.05, 0.1) is 5.71 Å². The van der Waals surface area contributed by atoms with Gasteiger partial charge in [-0.15, -0.1) is 0 Å². The fraction of sp³-hybridized carbons (Fsp3) is 0.778. The highest BCUT2D eigenvalue weighted by molar-refractivity contribution is 5.95. The quantitative estimate of drug-likeness (QED) is 0.471. The fourth-order valence-corrected chi connectivity index (χ4v) is 1.65. The molecule has 0 N–H and O–H groups in total. The normalized spacial score (nSPS) is 35.2. The van der Waals surface area contributed by atoms with Crippen molar-refractivity contribution < 1.29 is 0 Å². The van der Waals surface area contributed by atoms with E-state index in [0.29, 0.717) is 0 Å². The molecule has 0 aromatic heterocycles. The smallest absolute Gasteiger partial charge is 0.267 e. The van der Waals surface area contributed by atoms with E-state index in [1.165, 1.54) is 12.8 Å². The minimum absolute atomic E-state index is 0.271. The summed E-state index contributed by atoms with van der Waals surface area (Å²) in [6.45, 7) is 9.07. The Morgan fingerprint density at radius 1 is 1.55 bits per heavy atom. The van der Waals surface area contributed by atoms with E-state index in [-0.39, 0.29) is 5.54 Å². The van der Waals surface area contributed by atoms with Crippen molar-refractivity contribution in [1.29, 1.82) is 0 Å². The Hall–Kier alpha value is -0.840.